The number of rotatable bonds is 7. The van der Waals surface area contributed by atoms with Gasteiger partial charge in [0.05, 0.1) is 11.4 Å². The molecule has 2 heterocycles. The molecule has 2 nitrogen and oxygen atoms in total. The summed E-state index contributed by atoms with van der Waals surface area (Å²) in [5.41, 5.74) is 14.1. The Kier molecular flexibility index (Phi) is 8.40. The Hall–Kier alpha value is -6.94. The third-order valence-electron chi connectivity index (χ3n) is 10.3. The Morgan fingerprint density at radius 1 is 0.255 bits per heavy atom. The predicted molar refractivity (Wildman–Crippen MR) is 233 cm³/mol. The standard InChI is InChI=1S/C52H34N2S/c1-4-13-35(14-5-1)38-23-25-39(26-24-38)48-34-49(54-52(53-48)42-20-12-19-40(29-42)36-15-6-2-7-16-36)45-31-43(37-17-8-3-9-18-37)30-44(32-45)41-27-28-51-47(33-41)46-21-10-11-22-50(46)55-51/h1-34H. The lowest BCUT2D eigenvalue weighted by molar-refractivity contribution is 1.18. The molecule has 0 unspecified atom stereocenters. The summed E-state index contributed by atoms with van der Waals surface area (Å²) < 4.78 is 2.60. The minimum atomic E-state index is 0.690. The van der Waals surface area contributed by atoms with E-state index in [0.717, 1.165) is 55.9 Å². The zero-order valence-corrected chi connectivity index (χ0v) is 30.7. The van der Waals surface area contributed by atoms with Gasteiger partial charge in [-0.3, -0.25) is 0 Å². The van der Waals surface area contributed by atoms with Crippen molar-refractivity contribution in [3.05, 3.63) is 206 Å². The molecule has 10 aromatic rings. The third-order valence-corrected chi connectivity index (χ3v) is 11.4. The van der Waals surface area contributed by atoms with E-state index in [1.807, 2.05) is 17.4 Å². The molecule has 3 heteroatoms. The quantitative estimate of drug-likeness (QED) is 0.164. The van der Waals surface area contributed by atoms with Gasteiger partial charge in [-0.05, 0) is 93.0 Å². The molecule has 0 amide bonds. The first-order valence-electron chi connectivity index (χ1n) is 18.6. The van der Waals surface area contributed by atoms with Gasteiger partial charge in [-0.1, -0.05) is 158 Å². The molecule has 2 aromatic heterocycles. The fraction of sp³-hybridized carbons (Fsp3) is 0. The van der Waals surface area contributed by atoms with Crippen LogP contribution in [0.15, 0.2) is 206 Å². The smallest absolute Gasteiger partial charge is 0.160 e. The highest BCUT2D eigenvalue weighted by Gasteiger charge is 2.15. The Labute approximate surface area is 324 Å². The molecular formula is C52H34N2S. The van der Waals surface area contributed by atoms with E-state index in [9.17, 15) is 0 Å². The molecular weight excluding hydrogens is 685 g/mol. The molecule has 258 valence electrons. The first kappa shape index (κ1) is 32.7. The van der Waals surface area contributed by atoms with Crippen LogP contribution in [0.3, 0.4) is 0 Å². The molecule has 0 saturated carbocycles. The lowest BCUT2D eigenvalue weighted by Crippen LogP contribution is -1.97. The summed E-state index contributed by atoms with van der Waals surface area (Å²) in [6, 6.07) is 73.4. The summed E-state index contributed by atoms with van der Waals surface area (Å²) in [5, 5.41) is 2.58. The number of benzene rings is 8. The predicted octanol–water partition coefficient (Wildman–Crippen LogP) is 14.5. The van der Waals surface area contributed by atoms with Crippen molar-refractivity contribution in [2.75, 3.05) is 0 Å². The van der Waals surface area contributed by atoms with Gasteiger partial charge < -0.3 is 0 Å². The third kappa shape index (κ3) is 6.52. The summed E-state index contributed by atoms with van der Waals surface area (Å²) in [4.78, 5) is 10.6. The fourth-order valence-electron chi connectivity index (χ4n) is 7.45. The van der Waals surface area contributed by atoms with E-state index < -0.39 is 0 Å². The largest absolute Gasteiger partial charge is 0.228 e. The molecule has 0 aliphatic rings. The number of thiophene rings is 1. The highest BCUT2D eigenvalue weighted by molar-refractivity contribution is 7.25. The van der Waals surface area contributed by atoms with Crippen LogP contribution < -0.4 is 0 Å². The topological polar surface area (TPSA) is 25.8 Å². The minimum absolute atomic E-state index is 0.690. The molecule has 0 aliphatic carbocycles. The summed E-state index contributed by atoms with van der Waals surface area (Å²) in [7, 11) is 0. The van der Waals surface area contributed by atoms with Crippen LogP contribution in [0.25, 0.3) is 98.6 Å². The van der Waals surface area contributed by atoms with Crippen molar-refractivity contribution in [3.8, 4) is 78.4 Å². The molecule has 0 aliphatic heterocycles. The number of nitrogens with zero attached hydrogens (tertiary/aromatic N) is 2. The van der Waals surface area contributed by atoms with Crippen molar-refractivity contribution in [2.45, 2.75) is 0 Å². The number of hydrogen-bond donors (Lipinski definition) is 0. The van der Waals surface area contributed by atoms with Gasteiger partial charge >= 0.3 is 0 Å². The zero-order valence-electron chi connectivity index (χ0n) is 29.9. The normalized spacial score (nSPS) is 11.3. The van der Waals surface area contributed by atoms with Crippen LogP contribution in [0, 0.1) is 0 Å². The lowest BCUT2D eigenvalue weighted by Gasteiger charge is -2.14. The van der Waals surface area contributed by atoms with Gasteiger partial charge in [0.1, 0.15) is 0 Å². The van der Waals surface area contributed by atoms with Crippen molar-refractivity contribution in [2.24, 2.45) is 0 Å². The molecule has 0 bridgehead atoms. The van der Waals surface area contributed by atoms with Gasteiger partial charge in [-0.15, -0.1) is 11.3 Å². The van der Waals surface area contributed by atoms with Crippen LogP contribution in [0.2, 0.25) is 0 Å². The Morgan fingerprint density at radius 3 is 1.40 bits per heavy atom. The maximum absolute atomic E-state index is 5.34. The molecule has 0 fully saturated rings. The van der Waals surface area contributed by atoms with E-state index in [1.54, 1.807) is 0 Å². The van der Waals surface area contributed by atoms with Gasteiger partial charge in [-0.2, -0.15) is 0 Å². The first-order chi connectivity index (χ1) is 27.2. The summed E-state index contributed by atoms with van der Waals surface area (Å²) in [5.74, 6) is 0.690. The van der Waals surface area contributed by atoms with Crippen LogP contribution in [-0.4, -0.2) is 9.97 Å². The van der Waals surface area contributed by atoms with E-state index in [-0.39, 0.29) is 0 Å². The maximum Gasteiger partial charge on any atom is 0.160 e. The minimum Gasteiger partial charge on any atom is -0.228 e. The van der Waals surface area contributed by atoms with Gasteiger partial charge in [0, 0.05) is 36.9 Å². The average Bonchev–Trinajstić information content (AvgIpc) is 3.65. The average molecular weight is 719 g/mol. The van der Waals surface area contributed by atoms with Gasteiger partial charge in [0.25, 0.3) is 0 Å². The molecule has 8 aromatic carbocycles. The van der Waals surface area contributed by atoms with Crippen molar-refractivity contribution >= 4 is 31.5 Å². The van der Waals surface area contributed by atoms with Crippen LogP contribution in [0.4, 0.5) is 0 Å². The highest BCUT2D eigenvalue weighted by atomic mass is 32.1. The van der Waals surface area contributed by atoms with Gasteiger partial charge in [0.15, 0.2) is 5.82 Å². The molecule has 0 spiro atoms. The number of fused-ring (bicyclic) bond motifs is 3. The SMILES string of the molecule is c1ccc(-c2ccc(-c3cc(-c4cc(-c5ccccc5)cc(-c5ccc6sc7ccccc7c6c5)c4)nc(-c4cccc(-c5ccccc5)c4)n3)cc2)cc1. The molecule has 10 rings (SSSR count). The molecule has 0 atom stereocenters. The lowest BCUT2D eigenvalue weighted by atomic mass is 9.93. The summed E-state index contributed by atoms with van der Waals surface area (Å²) >= 11 is 1.85. The van der Waals surface area contributed by atoms with Crippen LogP contribution in [0.5, 0.6) is 0 Å². The summed E-state index contributed by atoms with van der Waals surface area (Å²) in [6.45, 7) is 0. The molecule has 0 radical (unpaired) electrons. The fourth-order valence-corrected chi connectivity index (χ4v) is 8.54. The van der Waals surface area contributed by atoms with Crippen molar-refractivity contribution in [1.82, 2.24) is 9.97 Å². The first-order valence-corrected chi connectivity index (χ1v) is 19.4. The van der Waals surface area contributed by atoms with Gasteiger partial charge in [-0.25, -0.2) is 9.97 Å². The van der Waals surface area contributed by atoms with Gasteiger partial charge in [0.2, 0.25) is 0 Å². The second kappa shape index (κ2) is 14.1. The monoisotopic (exact) mass is 718 g/mol. The van der Waals surface area contributed by atoms with Crippen molar-refractivity contribution in [1.29, 1.82) is 0 Å². The van der Waals surface area contributed by atoms with Crippen molar-refractivity contribution < 1.29 is 0 Å². The second-order valence-electron chi connectivity index (χ2n) is 13.8. The van der Waals surface area contributed by atoms with E-state index in [1.165, 1.54) is 36.9 Å². The van der Waals surface area contributed by atoms with Crippen molar-refractivity contribution in [3.63, 3.8) is 0 Å². The second-order valence-corrected chi connectivity index (χ2v) is 14.9. The Balaban J connectivity index is 1.16. The Morgan fingerprint density at radius 2 is 0.691 bits per heavy atom. The van der Waals surface area contributed by atoms with Crippen LogP contribution in [-0.2, 0) is 0 Å². The molecule has 55 heavy (non-hydrogen) atoms. The van der Waals surface area contributed by atoms with E-state index in [4.69, 9.17) is 9.97 Å². The summed E-state index contributed by atoms with van der Waals surface area (Å²) in [6.07, 6.45) is 0. The van der Waals surface area contributed by atoms with E-state index in [0.29, 0.717) is 5.82 Å². The zero-order chi connectivity index (χ0) is 36.6. The maximum atomic E-state index is 5.34. The number of hydrogen-bond acceptors (Lipinski definition) is 3. The highest BCUT2D eigenvalue weighted by Crippen LogP contribution is 2.39. The van der Waals surface area contributed by atoms with Crippen LogP contribution in [0.1, 0.15) is 0 Å². The van der Waals surface area contributed by atoms with Crippen LogP contribution >= 0.6 is 11.3 Å². The molecule has 0 N–H and O–H groups in total. The van der Waals surface area contributed by atoms with E-state index in [2.05, 4.69) is 200 Å². The number of aromatic nitrogens is 2. The Bertz CT molecular complexity index is 2950. The van der Waals surface area contributed by atoms with E-state index >= 15 is 0 Å². The molecule has 0 saturated heterocycles.